The van der Waals surface area contributed by atoms with Gasteiger partial charge in [0.2, 0.25) is 0 Å². The molecule has 0 N–H and O–H groups in total. The van der Waals surface area contributed by atoms with Crippen molar-refractivity contribution in [2.24, 2.45) is 0 Å². The van der Waals surface area contributed by atoms with Gasteiger partial charge in [-0.2, -0.15) is 0 Å². The van der Waals surface area contributed by atoms with Crippen molar-refractivity contribution in [3.63, 3.8) is 0 Å². The second kappa shape index (κ2) is 17.9. The van der Waals surface area contributed by atoms with Crippen molar-refractivity contribution < 1.29 is 28.9 Å². The number of aromatic nitrogens is 3. The van der Waals surface area contributed by atoms with Gasteiger partial charge in [0.1, 0.15) is 5.58 Å². The molecule has 60 heavy (non-hydrogen) atoms. The van der Waals surface area contributed by atoms with E-state index in [1.165, 1.54) is 27.4 Å². The Morgan fingerprint density at radius 1 is 0.650 bits per heavy atom. The summed E-state index contributed by atoms with van der Waals surface area (Å²) in [6.45, 7) is 16.0. The van der Waals surface area contributed by atoms with Crippen LogP contribution in [0.15, 0.2) is 156 Å². The predicted molar refractivity (Wildman–Crippen MR) is 246 cm³/mol. The zero-order valence-corrected chi connectivity index (χ0v) is 38.4. The largest absolute Gasteiger partial charge is 0.455 e. The van der Waals surface area contributed by atoms with Crippen molar-refractivity contribution in [1.29, 1.82) is 0 Å². The Balaban J connectivity index is 0.000000270. The van der Waals surface area contributed by atoms with Crippen LogP contribution in [0.4, 0.5) is 4.39 Å². The Bertz CT molecular complexity index is 2850. The van der Waals surface area contributed by atoms with Gasteiger partial charge in [0.15, 0.2) is 11.6 Å². The molecular weight excluding hydrogens is 934 g/mol. The average molecular weight is 982 g/mol. The second-order valence-electron chi connectivity index (χ2n) is 16.6. The summed E-state index contributed by atoms with van der Waals surface area (Å²) >= 11 is 0. The average Bonchev–Trinajstić information content (AvgIpc) is 3.81. The summed E-state index contributed by atoms with van der Waals surface area (Å²) in [6.07, 6.45) is 2.02. The van der Waals surface area contributed by atoms with Crippen molar-refractivity contribution in [2.45, 2.75) is 59.2 Å². The van der Waals surface area contributed by atoms with E-state index in [9.17, 15) is 0 Å². The second-order valence-corrected chi connectivity index (χ2v) is 21.7. The molecule has 9 rings (SSSR count). The van der Waals surface area contributed by atoms with E-state index in [0.29, 0.717) is 16.5 Å². The van der Waals surface area contributed by atoms with Gasteiger partial charge < -0.3 is 14.0 Å². The van der Waals surface area contributed by atoms with Crippen LogP contribution in [0, 0.1) is 17.9 Å². The predicted octanol–water partition coefficient (Wildman–Crippen LogP) is 14.1. The van der Waals surface area contributed by atoms with Crippen LogP contribution in [0.2, 0.25) is 19.6 Å². The summed E-state index contributed by atoms with van der Waals surface area (Å²) in [4.78, 5) is 9.67. The molecule has 303 valence electrons. The molecule has 0 aliphatic heterocycles. The molecule has 1 radical (unpaired) electrons. The maximum Gasteiger partial charge on any atom is 0.175 e. The molecule has 9 aromatic rings. The summed E-state index contributed by atoms with van der Waals surface area (Å²) in [5.74, 6) is 1.13. The van der Waals surface area contributed by atoms with Gasteiger partial charge in [-0.05, 0) is 81.4 Å². The summed E-state index contributed by atoms with van der Waals surface area (Å²) in [7, 11) is -1.23. The monoisotopic (exact) mass is 982 g/mol. The minimum Gasteiger partial charge on any atom is -0.455 e. The number of nitrogens with zero attached hydrogens (tertiary/aromatic N) is 3. The molecule has 0 bridgehead atoms. The van der Waals surface area contributed by atoms with Gasteiger partial charge in [0, 0.05) is 32.0 Å². The third-order valence-corrected chi connectivity index (χ3v) is 12.8. The molecule has 6 aromatic carbocycles. The third-order valence-electron chi connectivity index (χ3n) is 10.8. The smallest absolute Gasteiger partial charge is 0.175 e. The van der Waals surface area contributed by atoms with Gasteiger partial charge >= 0.3 is 0 Å². The van der Waals surface area contributed by atoms with E-state index in [1.807, 2.05) is 72.9 Å². The maximum absolute atomic E-state index is 15.5. The fourth-order valence-corrected chi connectivity index (χ4v) is 8.57. The number of benzene rings is 6. The van der Waals surface area contributed by atoms with Gasteiger partial charge in [-0.3, -0.25) is 4.98 Å². The first-order valence-electron chi connectivity index (χ1n) is 20.3. The molecule has 7 heteroatoms. The number of imidazole rings is 1. The van der Waals surface area contributed by atoms with Crippen molar-refractivity contribution in [3.05, 3.63) is 181 Å². The fourth-order valence-electron chi connectivity index (χ4n) is 7.53. The van der Waals surface area contributed by atoms with Crippen LogP contribution in [0.1, 0.15) is 50.7 Å². The van der Waals surface area contributed by atoms with Crippen LogP contribution in [-0.4, -0.2) is 22.6 Å². The first-order chi connectivity index (χ1) is 28.5. The van der Waals surface area contributed by atoms with Crippen molar-refractivity contribution in [2.75, 3.05) is 0 Å². The Labute approximate surface area is 367 Å². The van der Waals surface area contributed by atoms with E-state index in [2.05, 4.69) is 136 Å². The summed E-state index contributed by atoms with van der Waals surface area (Å²) in [5.41, 5.74) is 11.9. The number of hydrogen-bond donors (Lipinski definition) is 0. The zero-order valence-electron chi connectivity index (χ0n) is 35.0. The number of pyridine rings is 1. The number of halogens is 1. The number of rotatable bonds is 8. The Kier molecular flexibility index (Phi) is 12.6. The minimum absolute atomic E-state index is 0. The van der Waals surface area contributed by atoms with E-state index >= 15 is 4.39 Å². The van der Waals surface area contributed by atoms with Crippen LogP contribution in [0.3, 0.4) is 0 Å². The Hall–Kier alpha value is -5.72. The van der Waals surface area contributed by atoms with Gasteiger partial charge in [0.05, 0.1) is 30.3 Å². The standard InChI is InChI=1S/C39H32FN2O.C14H16NSi.Ir/c1-24(2)31-22-29(26-13-6-5-7-14-26)23-32(25(3)4)37(31)42-34-19-10-9-18-33(34)41-39(42)28-16-12-15-27(21-28)38-36(40)30-17-8-11-20-35(30)43-38;1-16(2,3)13-9-10-14(15-11-13)12-7-5-4-6-8-12;/h5-15,17-25H,1-4H3;4-7,9-11H,1-3H3;/q2*-1;. The topological polar surface area (TPSA) is 43.9 Å². The summed E-state index contributed by atoms with van der Waals surface area (Å²) in [5, 5.41) is 1.87. The maximum atomic E-state index is 15.5. The zero-order chi connectivity index (χ0) is 41.3. The van der Waals surface area contributed by atoms with Gasteiger partial charge in [-0.1, -0.05) is 120 Å². The molecule has 0 aliphatic carbocycles. The quantitative estimate of drug-likeness (QED) is 0.113. The number of hydrogen-bond acceptors (Lipinski definition) is 3. The van der Waals surface area contributed by atoms with E-state index in [4.69, 9.17) is 9.40 Å². The van der Waals surface area contributed by atoms with Crippen molar-refractivity contribution in [1.82, 2.24) is 14.5 Å². The Morgan fingerprint density at radius 3 is 1.97 bits per heavy atom. The molecular formula is C53H48FIrN3OSi-2. The number of furan rings is 1. The van der Waals surface area contributed by atoms with E-state index in [-0.39, 0.29) is 43.5 Å². The molecule has 0 spiro atoms. The number of para-hydroxylation sites is 3. The molecule has 3 heterocycles. The molecule has 4 nitrogen and oxygen atoms in total. The van der Waals surface area contributed by atoms with E-state index in [1.54, 1.807) is 12.1 Å². The summed E-state index contributed by atoms with van der Waals surface area (Å²) < 4.78 is 23.8. The van der Waals surface area contributed by atoms with Crippen LogP contribution >= 0.6 is 0 Å². The molecule has 0 fully saturated rings. The van der Waals surface area contributed by atoms with Gasteiger partial charge in [0.25, 0.3) is 0 Å². The number of fused-ring (bicyclic) bond motifs is 2. The molecule has 0 unspecified atom stereocenters. The first kappa shape index (κ1) is 42.4. The minimum atomic E-state index is -1.23. The van der Waals surface area contributed by atoms with Crippen molar-refractivity contribution in [3.8, 4) is 50.8 Å². The first-order valence-corrected chi connectivity index (χ1v) is 23.8. The molecule has 0 amide bonds. The van der Waals surface area contributed by atoms with Crippen LogP contribution in [-0.2, 0) is 20.1 Å². The van der Waals surface area contributed by atoms with Crippen molar-refractivity contribution >= 4 is 35.3 Å². The fraction of sp³-hybridized carbons (Fsp3) is 0.170. The molecule has 0 atom stereocenters. The Morgan fingerprint density at radius 2 is 1.32 bits per heavy atom. The van der Waals surface area contributed by atoms with Gasteiger partial charge in [-0.15, -0.1) is 65.7 Å². The van der Waals surface area contributed by atoms with E-state index in [0.717, 1.165) is 39.4 Å². The van der Waals surface area contributed by atoms with Crippen LogP contribution < -0.4 is 5.19 Å². The van der Waals surface area contributed by atoms with E-state index < -0.39 is 8.07 Å². The molecule has 0 aliphatic rings. The molecule has 3 aromatic heterocycles. The molecule has 0 saturated carbocycles. The SMILES string of the molecule is CC(C)c1cc(-c2ccccc2)cc(C(C)C)c1-n1c(-c2[c-]ccc(-c3oc4ccccc4c3F)c2)nc2ccccc21.C[Si](C)(C)c1ccc(-c2[c-]cccc2)nc1.[Ir]. The van der Waals surface area contributed by atoms with Crippen LogP contribution in [0.5, 0.6) is 0 Å². The van der Waals surface area contributed by atoms with Crippen LogP contribution in [0.25, 0.3) is 72.8 Å². The molecule has 0 saturated heterocycles. The normalized spacial score (nSPS) is 11.5. The third kappa shape index (κ3) is 8.62. The van der Waals surface area contributed by atoms with Gasteiger partial charge in [-0.25, -0.2) is 4.39 Å². The summed E-state index contributed by atoms with van der Waals surface area (Å²) in [6, 6.07) is 55.1.